The maximum absolute atomic E-state index is 13.4. The van der Waals surface area contributed by atoms with Crippen molar-refractivity contribution in [1.29, 1.82) is 0 Å². The Labute approximate surface area is 185 Å². The number of carbonyl (C=O) groups excluding carboxylic acids is 1. The Balaban J connectivity index is 1.44. The maximum Gasteiger partial charge on any atom is 0.258 e. The predicted octanol–water partition coefficient (Wildman–Crippen LogP) is 5.06. The molecule has 1 saturated heterocycles. The topological polar surface area (TPSA) is 26.8 Å². The summed E-state index contributed by atoms with van der Waals surface area (Å²) in [5, 5.41) is 0. The summed E-state index contributed by atoms with van der Waals surface area (Å²) in [6.07, 6.45) is 1.95. The number of benzene rings is 3. The zero-order chi connectivity index (χ0) is 21.6. The van der Waals surface area contributed by atoms with Gasteiger partial charge in [0, 0.05) is 56.7 Å². The largest absolute Gasteiger partial charge is 0.378 e. The first-order valence-corrected chi connectivity index (χ1v) is 11.0. The molecule has 0 aliphatic carbocycles. The molecule has 4 nitrogen and oxygen atoms in total. The SMILES string of the molecule is CN(C)c1ccc(CN2CCC(N(C(=O)c3ccccc3)c3ccccc3)CC2)cc1. The summed E-state index contributed by atoms with van der Waals surface area (Å²) in [6, 6.07) is 28.7. The molecule has 0 radical (unpaired) electrons. The maximum atomic E-state index is 13.4. The van der Waals surface area contributed by atoms with Gasteiger partial charge in [-0.3, -0.25) is 9.69 Å². The second-order valence-corrected chi connectivity index (χ2v) is 8.44. The normalized spacial score (nSPS) is 14.9. The van der Waals surface area contributed by atoms with Crippen LogP contribution in [-0.2, 0) is 6.54 Å². The third kappa shape index (κ3) is 5.15. The van der Waals surface area contributed by atoms with Crippen molar-refractivity contribution in [2.75, 3.05) is 37.0 Å². The van der Waals surface area contributed by atoms with Crippen LogP contribution in [-0.4, -0.2) is 44.0 Å². The van der Waals surface area contributed by atoms with Gasteiger partial charge in [0.15, 0.2) is 0 Å². The summed E-state index contributed by atoms with van der Waals surface area (Å²) >= 11 is 0. The van der Waals surface area contributed by atoms with Crippen LogP contribution in [0.5, 0.6) is 0 Å². The molecule has 1 aliphatic heterocycles. The minimum Gasteiger partial charge on any atom is -0.378 e. The van der Waals surface area contributed by atoms with Gasteiger partial charge in [0.25, 0.3) is 5.91 Å². The van der Waals surface area contributed by atoms with Crippen LogP contribution >= 0.6 is 0 Å². The van der Waals surface area contributed by atoms with E-state index in [0.717, 1.165) is 43.7 Å². The number of amides is 1. The Hall–Kier alpha value is -3.11. The molecule has 4 rings (SSSR count). The monoisotopic (exact) mass is 413 g/mol. The van der Waals surface area contributed by atoms with Gasteiger partial charge in [0.05, 0.1) is 0 Å². The summed E-state index contributed by atoms with van der Waals surface area (Å²) in [7, 11) is 4.13. The molecule has 31 heavy (non-hydrogen) atoms. The van der Waals surface area contributed by atoms with Crippen molar-refractivity contribution in [3.05, 3.63) is 96.1 Å². The molecule has 1 heterocycles. The third-order valence-electron chi connectivity index (χ3n) is 6.06. The van der Waals surface area contributed by atoms with Crippen LogP contribution in [0.2, 0.25) is 0 Å². The van der Waals surface area contributed by atoms with Gasteiger partial charge in [0.2, 0.25) is 0 Å². The van der Waals surface area contributed by atoms with Gasteiger partial charge < -0.3 is 9.80 Å². The molecule has 1 fully saturated rings. The minimum absolute atomic E-state index is 0.0875. The van der Waals surface area contributed by atoms with Gasteiger partial charge in [-0.1, -0.05) is 48.5 Å². The first kappa shape index (κ1) is 21.1. The van der Waals surface area contributed by atoms with Crippen LogP contribution in [0.4, 0.5) is 11.4 Å². The van der Waals surface area contributed by atoms with Gasteiger partial charge >= 0.3 is 0 Å². The molecule has 0 unspecified atom stereocenters. The molecule has 3 aromatic carbocycles. The summed E-state index contributed by atoms with van der Waals surface area (Å²) < 4.78 is 0. The molecule has 0 atom stereocenters. The van der Waals surface area contributed by atoms with Crippen LogP contribution in [0.3, 0.4) is 0 Å². The third-order valence-corrected chi connectivity index (χ3v) is 6.06. The van der Waals surface area contributed by atoms with Crippen LogP contribution in [0.1, 0.15) is 28.8 Å². The number of anilines is 2. The number of rotatable bonds is 6. The first-order valence-electron chi connectivity index (χ1n) is 11.0. The van der Waals surface area contributed by atoms with Crippen molar-refractivity contribution in [3.63, 3.8) is 0 Å². The number of hydrogen-bond acceptors (Lipinski definition) is 3. The lowest BCUT2D eigenvalue weighted by Crippen LogP contribution is -2.47. The van der Waals surface area contributed by atoms with E-state index in [2.05, 4.69) is 48.2 Å². The Bertz CT molecular complexity index is 962. The van der Waals surface area contributed by atoms with Gasteiger partial charge in [-0.25, -0.2) is 0 Å². The number of nitrogens with zero attached hydrogens (tertiary/aromatic N) is 3. The molecule has 0 N–H and O–H groups in total. The van der Waals surface area contributed by atoms with Crippen LogP contribution in [0, 0.1) is 0 Å². The Morgan fingerprint density at radius 1 is 0.806 bits per heavy atom. The van der Waals surface area contributed by atoms with Crippen LogP contribution in [0.15, 0.2) is 84.9 Å². The van der Waals surface area contributed by atoms with Gasteiger partial charge in [0.1, 0.15) is 0 Å². The van der Waals surface area contributed by atoms with Gasteiger partial charge in [-0.15, -0.1) is 0 Å². The number of para-hydroxylation sites is 1. The van der Waals surface area contributed by atoms with E-state index in [0.29, 0.717) is 0 Å². The Kier molecular flexibility index (Phi) is 6.68. The highest BCUT2D eigenvalue weighted by Gasteiger charge is 2.29. The highest BCUT2D eigenvalue weighted by Crippen LogP contribution is 2.26. The molecule has 0 spiro atoms. The second kappa shape index (κ2) is 9.80. The molecule has 0 bridgehead atoms. The van der Waals surface area contributed by atoms with E-state index >= 15 is 0 Å². The van der Waals surface area contributed by atoms with E-state index in [-0.39, 0.29) is 11.9 Å². The van der Waals surface area contributed by atoms with E-state index in [4.69, 9.17) is 0 Å². The molecular weight excluding hydrogens is 382 g/mol. The number of piperidine rings is 1. The summed E-state index contributed by atoms with van der Waals surface area (Å²) in [5.41, 5.74) is 4.29. The zero-order valence-electron chi connectivity index (χ0n) is 18.4. The number of likely N-dealkylation sites (tertiary alicyclic amines) is 1. The van der Waals surface area contributed by atoms with Gasteiger partial charge in [-0.2, -0.15) is 0 Å². The molecule has 1 amide bonds. The summed E-state index contributed by atoms with van der Waals surface area (Å²) in [5.74, 6) is 0.0875. The van der Waals surface area contributed by atoms with E-state index in [1.807, 2.05) is 65.6 Å². The fourth-order valence-corrected chi connectivity index (χ4v) is 4.30. The van der Waals surface area contributed by atoms with Crippen molar-refractivity contribution in [2.45, 2.75) is 25.4 Å². The Morgan fingerprint density at radius 2 is 1.39 bits per heavy atom. The fourth-order valence-electron chi connectivity index (χ4n) is 4.30. The predicted molar refractivity (Wildman–Crippen MR) is 129 cm³/mol. The van der Waals surface area contributed by atoms with Crippen molar-refractivity contribution >= 4 is 17.3 Å². The average Bonchev–Trinajstić information content (AvgIpc) is 2.82. The average molecular weight is 414 g/mol. The van der Waals surface area contributed by atoms with E-state index in [1.165, 1.54) is 11.3 Å². The molecular formula is C27H31N3O. The van der Waals surface area contributed by atoms with Crippen molar-refractivity contribution in [1.82, 2.24) is 4.90 Å². The van der Waals surface area contributed by atoms with Gasteiger partial charge in [-0.05, 0) is 54.8 Å². The van der Waals surface area contributed by atoms with E-state index in [9.17, 15) is 4.79 Å². The highest BCUT2D eigenvalue weighted by atomic mass is 16.2. The molecule has 4 heteroatoms. The lowest BCUT2D eigenvalue weighted by molar-refractivity contribution is 0.0958. The van der Waals surface area contributed by atoms with Crippen molar-refractivity contribution in [2.24, 2.45) is 0 Å². The quantitative estimate of drug-likeness (QED) is 0.565. The molecule has 160 valence electrons. The van der Waals surface area contributed by atoms with Crippen LogP contribution < -0.4 is 9.80 Å². The van der Waals surface area contributed by atoms with Crippen molar-refractivity contribution < 1.29 is 4.79 Å². The summed E-state index contributed by atoms with van der Waals surface area (Å²) in [6.45, 7) is 2.94. The number of carbonyl (C=O) groups is 1. The van der Waals surface area contributed by atoms with Crippen molar-refractivity contribution in [3.8, 4) is 0 Å². The molecule has 0 saturated carbocycles. The lowest BCUT2D eigenvalue weighted by Gasteiger charge is -2.38. The molecule has 1 aliphatic rings. The van der Waals surface area contributed by atoms with Crippen LogP contribution in [0.25, 0.3) is 0 Å². The highest BCUT2D eigenvalue weighted by molar-refractivity contribution is 6.06. The number of hydrogen-bond donors (Lipinski definition) is 0. The second-order valence-electron chi connectivity index (χ2n) is 8.44. The standard InChI is InChI=1S/C27H31N3O/c1-28(2)24-15-13-22(14-16-24)21-29-19-17-26(18-20-29)30(25-11-7-4-8-12-25)27(31)23-9-5-3-6-10-23/h3-16,26H,17-21H2,1-2H3. The zero-order valence-corrected chi connectivity index (χ0v) is 18.4. The summed E-state index contributed by atoms with van der Waals surface area (Å²) in [4.78, 5) is 20.0. The first-order chi connectivity index (χ1) is 15.1. The molecule has 0 aromatic heterocycles. The van der Waals surface area contributed by atoms with E-state index < -0.39 is 0 Å². The fraction of sp³-hybridized carbons (Fsp3) is 0.296. The lowest BCUT2D eigenvalue weighted by atomic mass is 10.00. The molecule has 3 aromatic rings. The smallest absolute Gasteiger partial charge is 0.258 e. The minimum atomic E-state index is 0.0875. The Morgan fingerprint density at radius 3 is 1.97 bits per heavy atom. The van der Waals surface area contributed by atoms with E-state index in [1.54, 1.807) is 0 Å².